The second-order valence-electron chi connectivity index (χ2n) is 5.77. The number of aromatic nitrogens is 3. The van der Waals surface area contributed by atoms with Gasteiger partial charge in [0.25, 0.3) is 5.95 Å². The minimum absolute atomic E-state index is 0.524. The molecule has 0 bridgehead atoms. The number of benzene rings is 2. The second-order valence-corrected chi connectivity index (χ2v) is 6.62. The SMILES string of the molecule is Clc1ccc(Nc2cnnc(N3CCCc4ccccc43)n2)c(Cl)c1. The number of anilines is 4. The van der Waals surface area contributed by atoms with E-state index in [9.17, 15) is 0 Å². The monoisotopic (exact) mass is 371 g/mol. The lowest BCUT2D eigenvalue weighted by Gasteiger charge is -2.29. The lowest BCUT2D eigenvalue weighted by atomic mass is 10.0. The van der Waals surface area contributed by atoms with E-state index in [1.54, 1.807) is 18.3 Å². The number of hydrogen-bond acceptors (Lipinski definition) is 5. The number of fused-ring (bicyclic) bond motifs is 1. The largest absolute Gasteiger partial charge is 0.338 e. The summed E-state index contributed by atoms with van der Waals surface area (Å²) >= 11 is 12.2. The molecule has 25 heavy (non-hydrogen) atoms. The highest BCUT2D eigenvalue weighted by atomic mass is 35.5. The topological polar surface area (TPSA) is 53.9 Å². The number of halogens is 2. The molecule has 0 unspecified atom stereocenters. The normalized spacial score (nSPS) is 13.4. The van der Waals surface area contributed by atoms with E-state index in [1.165, 1.54) is 5.56 Å². The molecule has 0 fully saturated rings. The number of para-hydroxylation sites is 1. The molecule has 0 spiro atoms. The van der Waals surface area contributed by atoms with Crippen molar-refractivity contribution in [3.05, 3.63) is 64.3 Å². The lowest BCUT2D eigenvalue weighted by Crippen LogP contribution is -2.26. The van der Waals surface area contributed by atoms with Crippen LogP contribution >= 0.6 is 23.2 Å². The van der Waals surface area contributed by atoms with E-state index < -0.39 is 0 Å². The van der Waals surface area contributed by atoms with Gasteiger partial charge in [-0.15, -0.1) is 5.10 Å². The summed E-state index contributed by atoms with van der Waals surface area (Å²) in [6.45, 7) is 0.865. The lowest BCUT2D eigenvalue weighted by molar-refractivity contribution is 0.742. The Bertz CT molecular complexity index is 915. The van der Waals surface area contributed by atoms with E-state index in [1.807, 2.05) is 12.1 Å². The van der Waals surface area contributed by atoms with Crippen molar-refractivity contribution in [1.82, 2.24) is 15.2 Å². The van der Waals surface area contributed by atoms with Crippen LogP contribution in [0.15, 0.2) is 48.7 Å². The Hall–Kier alpha value is -2.37. The van der Waals surface area contributed by atoms with Crippen molar-refractivity contribution in [3.8, 4) is 0 Å². The fourth-order valence-corrected chi connectivity index (χ4v) is 3.39. The summed E-state index contributed by atoms with van der Waals surface area (Å²) in [7, 11) is 0. The van der Waals surface area contributed by atoms with Crippen molar-refractivity contribution in [2.75, 3.05) is 16.8 Å². The maximum absolute atomic E-state index is 6.21. The molecule has 0 amide bonds. The van der Waals surface area contributed by atoms with Crippen LogP contribution in [0.3, 0.4) is 0 Å². The summed E-state index contributed by atoms with van der Waals surface area (Å²) < 4.78 is 0. The van der Waals surface area contributed by atoms with Gasteiger partial charge in [-0.25, -0.2) is 0 Å². The third kappa shape index (κ3) is 3.38. The number of hydrogen-bond donors (Lipinski definition) is 1. The molecule has 0 atom stereocenters. The zero-order valence-corrected chi connectivity index (χ0v) is 14.8. The Morgan fingerprint density at radius 3 is 2.84 bits per heavy atom. The van der Waals surface area contributed by atoms with E-state index >= 15 is 0 Å². The van der Waals surface area contributed by atoms with Gasteiger partial charge in [0.2, 0.25) is 0 Å². The first-order valence-electron chi connectivity index (χ1n) is 7.98. The van der Waals surface area contributed by atoms with E-state index in [2.05, 4.69) is 43.6 Å². The van der Waals surface area contributed by atoms with E-state index in [0.717, 1.165) is 30.8 Å². The molecule has 1 aliphatic heterocycles. The van der Waals surface area contributed by atoms with Gasteiger partial charge in [-0.2, -0.15) is 10.1 Å². The first-order valence-corrected chi connectivity index (χ1v) is 8.73. The van der Waals surface area contributed by atoms with Gasteiger partial charge in [0.05, 0.1) is 16.9 Å². The fraction of sp³-hybridized carbons (Fsp3) is 0.167. The van der Waals surface area contributed by atoms with Gasteiger partial charge in [0.15, 0.2) is 5.82 Å². The highest BCUT2D eigenvalue weighted by Gasteiger charge is 2.20. The average Bonchev–Trinajstić information content (AvgIpc) is 2.64. The second kappa shape index (κ2) is 6.86. The van der Waals surface area contributed by atoms with Gasteiger partial charge < -0.3 is 10.2 Å². The van der Waals surface area contributed by atoms with E-state index in [-0.39, 0.29) is 0 Å². The quantitative estimate of drug-likeness (QED) is 0.701. The van der Waals surface area contributed by atoms with Crippen LogP contribution in [0, 0.1) is 0 Å². The van der Waals surface area contributed by atoms with Gasteiger partial charge in [0, 0.05) is 17.3 Å². The summed E-state index contributed by atoms with van der Waals surface area (Å²) in [5, 5.41) is 12.6. The third-order valence-electron chi connectivity index (χ3n) is 4.09. The molecule has 1 aromatic heterocycles. The zero-order chi connectivity index (χ0) is 17.2. The molecule has 5 nitrogen and oxygen atoms in total. The van der Waals surface area contributed by atoms with Gasteiger partial charge in [-0.3, -0.25) is 0 Å². The Balaban J connectivity index is 1.64. The van der Waals surface area contributed by atoms with Crippen LogP contribution < -0.4 is 10.2 Å². The van der Waals surface area contributed by atoms with Crippen molar-refractivity contribution < 1.29 is 0 Å². The molecule has 4 rings (SSSR count). The minimum Gasteiger partial charge on any atom is -0.338 e. The maximum Gasteiger partial charge on any atom is 0.251 e. The third-order valence-corrected chi connectivity index (χ3v) is 4.64. The molecule has 3 aromatic rings. The van der Waals surface area contributed by atoms with Crippen LogP contribution in [0.2, 0.25) is 10.0 Å². The summed E-state index contributed by atoms with van der Waals surface area (Å²) in [6, 6.07) is 13.6. The maximum atomic E-state index is 6.21. The Morgan fingerprint density at radius 1 is 1.08 bits per heavy atom. The molecule has 0 saturated carbocycles. The zero-order valence-electron chi connectivity index (χ0n) is 13.3. The van der Waals surface area contributed by atoms with Crippen LogP contribution in [0.4, 0.5) is 23.1 Å². The van der Waals surface area contributed by atoms with Gasteiger partial charge in [-0.1, -0.05) is 41.4 Å². The molecule has 0 aliphatic carbocycles. The standard InChI is InChI=1S/C18H15Cl2N5/c19-13-7-8-15(14(20)10-13)22-17-11-21-24-18(23-17)25-9-3-5-12-4-1-2-6-16(12)25/h1-2,4,6-8,10-11H,3,5,9H2,(H,22,23,24). The predicted molar refractivity (Wildman–Crippen MR) is 101 cm³/mol. The molecule has 2 aromatic carbocycles. The number of rotatable bonds is 3. The van der Waals surface area contributed by atoms with E-state index in [4.69, 9.17) is 23.2 Å². The molecule has 7 heteroatoms. The van der Waals surface area contributed by atoms with Crippen molar-refractivity contribution in [3.63, 3.8) is 0 Å². The molecule has 0 radical (unpaired) electrons. The fourth-order valence-electron chi connectivity index (χ4n) is 2.94. The van der Waals surface area contributed by atoms with Crippen LogP contribution in [0.25, 0.3) is 0 Å². The van der Waals surface area contributed by atoms with Gasteiger partial charge in [-0.05, 0) is 42.7 Å². The van der Waals surface area contributed by atoms with Crippen LogP contribution in [-0.4, -0.2) is 21.7 Å². The van der Waals surface area contributed by atoms with Crippen molar-refractivity contribution in [2.24, 2.45) is 0 Å². The summed E-state index contributed by atoms with van der Waals surface area (Å²) in [6.07, 6.45) is 3.70. The van der Waals surface area contributed by atoms with E-state index in [0.29, 0.717) is 21.8 Å². The highest BCUT2D eigenvalue weighted by Crippen LogP contribution is 2.32. The van der Waals surface area contributed by atoms with Crippen molar-refractivity contribution in [1.29, 1.82) is 0 Å². The minimum atomic E-state index is 0.524. The summed E-state index contributed by atoms with van der Waals surface area (Å²) in [4.78, 5) is 6.70. The number of nitrogens with one attached hydrogen (secondary N) is 1. The molecule has 1 N–H and O–H groups in total. The van der Waals surface area contributed by atoms with Gasteiger partial charge >= 0.3 is 0 Å². The molecule has 0 saturated heterocycles. The van der Waals surface area contributed by atoms with Crippen LogP contribution in [0.5, 0.6) is 0 Å². The first kappa shape index (κ1) is 16.1. The Labute approximate surface area is 155 Å². The van der Waals surface area contributed by atoms with Crippen LogP contribution in [0.1, 0.15) is 12.0 Å². The molecular formula is C18H15Cl2N5. The highest BCUT2D eigenvalue weighted by molar-refractivity contribution is 6.36. The number of nitrogens with zero attached hydrogens (tertiary/aromatic N) is 4. The van der Waals surface area contributed by atoms with Crippen molar-refractivity contribution >= 4 is 46.3 Å². The van der Waals surface area contributed by atoms with Crippen LogP contribution in [-0.2, 0) is 6.42 Å². The smallest absolute Gasteiger partial charge is 0.251 e. The Morgan fingerprint density at radius 2 is 1.96 bits per heavy atom. The molecule has 1 aliphatic rings. The summed E-state index contributed by atoms with van der Waals surface area (Å²) in [5.74, 6) is 1.15. The molecular weight excluding hydrogens is 357 g/mol. The number of aryl methyl sites for hydroxylation is 1. The average molecular weight is 372 g/mol. The molecule has 2 heterocycles. The Kier molecular flexibility index (Phi) is 4.42. The van der Waals surface area contributed by atoms with Crippen molar-refractivity contribution in [2.45, 2.75) is 12.8 Å². The van der Waals surface area contributed by atoms with Gasteiger partial charge in [0.1, 0.15) is 0 Å². The predicted octanol–water partition coefficient (Wildman–Crippen LogP) is 5.01. The summed E-state index contributed by atoms with van der Waals surface area (Å²) in [5.41, 5.74) is 3.16. The molecule has 126 valence electrons. The first-order chi connectivity index (χ1) is 12.2.